The van der Waals surface area contributed by atoms with E-state index >= 15 is 0 Å². The number of rotatable bonds is 7. The molecule has 1 aromatic carbocycles. The number of unbranched alkanes of at least 4 members (excludes halogenated alkanes) is 1. The SMILES string of the molecule is CCCCOC(=O)C=Cc1ccc(OC(C)C)cc1. The van der Waals surface area contributed by atoms with E-state index in [2.05, 4.69) is 6.92 Å². The van der Waals surface area contributed by atoms with Gasteiger partial charge in [-0.3, -0.25) is 0 Å². The number of benzene rings is 1. The van der Waals surface area contributed by atoms with Crippen LogP contribution in [0.1, 0.15) is 39.2 Å². The molecule has 0 fully saturated rings. The van der Waals surface area contributed by atoms with Crippen LogP contribution in [-0.4, -0.2) is 18.7 Å². The molecule has 0 N–H and O–H groups in total. The minimum Gasteiger partial charge on any atom is -0.491 e. The molecular weight excluding hydrogens is 240 g/mol. The van der Waals surface area contributed by atoms with Crippen molar-refractivity contribution >= 4 is 12.0 Å². The van der Waals surface area contributed by atoms with Gasteiger partial charge in [-0.15, -0.1) is 0 Å². The maximum Gasteiger partial charge on any atom is 0.330 e. The third-order valence-electron chi connectivity index (χ3n) is 2.41. The van der Waals surface area contributed by atoms with Gasteiger partial charge in [0.05, 0.1) is 12.7 Å². The summed E-state index contributed by atoms with van der Waals surface area (Å²) in [5, 5.41) is 0. The molecule has 0 heterocycles. The van der Waals surface area contributed by atoms with Gasteiger partial charge in [-0.1, -0.05) is 25.5 Å². The van der Waals surface area contributed by atoms with Crippen molar-refractivity contribution in [1.82, 2.24) is 0 Å². The second-order valence-corrected chi connectivity index (χ2v) is 4.59. The summed E-state index contributed by atoms with van der Waals surface area (Å²) in [6.07, 6.45) is 5.28. The topological polar surface area (TPSA) is 35.5 Å². The zero-order chi connectivity index (χ0) is 14.1. The van der Waals surface area contributed by atoms with Crippen LogP contribution in [0.5, 0.6) is 5.75 Å². The Morgan fingerprint density at radius 2 is 1.95 bits per heavy atom. The summed E-state index contributed by atoms with van der Waals surface area (Å²) in [6, 6.07) is 7.60. The van der Waals surface area contributed by atoms with Gasteiger partial charge >= 0.3 is 5.97 Å². The molecule has 0 aliphatic heterocycles. The first-order valence-electron chi connectivity index (χ1n) is 6.73. The van der Waals surface area contributed by atoms with Gasteiger partial charge in [0, 0.05) is 6.08 Å². The molecular formula is C16H22O3. The van der Waals surface area contributed by atoms with E-state index in [-0.39, 0.29) is 12.1 Å². The van der Waals surface area contributed by atoms with E-state index in [1.54, 1.807) is 6.08 Å². The molecule has 0 atom stereocenters. The number of hydrogen-bond donors (Lipinski definition) is 0. The van der Waals surface area contributed by atoms with Crippen molar-refractivity contribution in [2.24, 2.45) is 0 Å². The van der Waals surface area contributed by atoms with Gasteiger partial charge in [0.1, 0.15) is 5.75 Å². The van der Waals surface area contributed by atoms with Crippen LogP contribution in [0.2, 0.25) is 0 Å². The average molecular weight is 262 g/mol. The largest absolute Gasteiger partial charge is 0.491 e. The van der Waals surface area contributed by atoms with Crippen LogP contribution in [0.4, 0.5) is 0 Å². The molecule has 0 spiro atoms. The molecule has 0 aromatic heterocycles. The van der Waals surface area contributed by atoms with E-state index in [0.717, 1.165) is 24.2 Å². The Kier molecular flexibility index (Phi) is 6.72. The third-order valence-corrected chi connectivity index (χ3v) is 2.41. The van der Waals surface area contributed by atoms with Gasteiger partial charge in [-0.05, 0) is 44.0 Å². The van der Waals surface area contributed by atoms with Crippen LogP contribution < -0.4 is 4.74 Å². The summed E-state index contributed by atoms with van der Waals surface area (Å²) in [5.41, 5.74) is 0.948. The fourth-order valence-corrected chi connectivity index (χ4v) is 1.46. The lowest BCUT2D eigenvalue weighted by atomic mass is 10.2. The minimum atomic E-state index is -0.295. The van der Waals surface area contributed by atoms with Crippen molar-refractivity contribution in [3.8, 4) is 5.75 Å². The van der Waals surface area contributed by atoms with E-state index in [0.29, 0.717) is 6.61 Å². The summed E-state index contributed by atoms with van der Waals surface area (Å²) in [6.45, 7) is 6.52. The smallest absolute Gasteiger partial charge is 0.330 e. The predicted molar refractivity (Wildman–Crippen MR) is 77.1 cm³/mol. The number of carbonyl (C=O) groups excluding carboxylic acids is 1. The Hall–Kier alpha value is -1.77. The van der Waals surface area contributed by atoms with Gasteiger partial charge in [0.25, 0.3) is 0 Å². The van der Waals surface area contributed by atoms with Gasteiger partial charge in [0.15, 0.2) is 0 Å². The van der Waals surface area contributed by atoms with Gasteiger partial charge in [-0.25, -0.2) is 4.79 Å². The molecule has 0 aliphatic carbocycles. The number of carbonyl (C=O) groups is 1. The zero-order valence-corrected chi connectivity index (χ0v) is 11.9. The highest BCUT2D eigenvalue weighted by molar-refractivity contribution is 5.87. The predicted octanol–water partition coefficient (Wildman–Crippen LogP) is 3.83. The molecule has 0 aliphatic rings. The van der Waals surface area contributed by atoms with Crippen LogP contribution in [0.3, 0.4) is 0 Å². The normalized spacial score (nSPS) is 10.9. The molecule has 0 radical (unpaired) electrons. The lowest BCUT2D eigenvalue weighted by molar-refractivity contribution is -0.137. The molecule has 0 unspecified atom stereocenters. The molecule has 0 amide bonds. The van der Waals surface area contributed by atoms with Crippen molar-refractivity contribution in [2.45, 2.75) is 39.7 Å². The number of hydrogen-bond acceptors (Lipinski definition) is 3. The molecule has 19 heavy (non-hydrogen) atoms. The molecule has 3 nitrogen and oxygen atoms in total. The van der Waals surface area contributed by atoms with Crippen molar-refractivity contribution < 1.29 is 14.3 Å². The summed E-state index contributed by atoms with van der Waals surface area (Å²) >= 11 is 0. The Bertz CT molecular complexity index is 405. The second kappa shape index (κ2) is 8.35. The summed E-state index contributed by atoms with van der Waals surface area (Å²) in [5.74, 6) is 0.536. The second-order valence-electron chi connectivity index (χ2n) is 4.59. The highest BCUT2D eigenvalue weighted by atomic mass is 16.5. The molecule has 0 saturated heterocycles. The first-order chi connectivity index (χ1) is 9.11. The number of ether oxygens (including phenoxy) is 2. The highest BCUT2D eigenvalue weighted by Crippen LogP contribution is 2.14. The Balaban J connectivity index is 2.46. The molecule has 1 aromatic rings. The molecule has 0 bridgehead atoms. The van der Waals surface area contributed by atoms with E-state index < -0.39 is 0 Å². The number of esters is 1. The monoisotopic (exact) mass is 262 g/mol. The molecule has 1 rings (SSSR count). The van der Waals surface area contributed by atoms with Crippen LogP contribution in [-0.2, 0) is 9.53 Å². The summed E-state index contributed by atoms with van der Waals surface area (Å²) < 4.78 is 10.6. The lowest BCUT2D eigenvalue weighted by Gasteiger charge is -2.09. The average Bonchev–Trinajstić information content (AvgIpc) is 2.37. The van der Waals surface area contributed by atoms with E-state index in [1.807, 2.05) is 38.1 Å². The van der Waals surface area contributed by atoms with Crippen LogP contribution in [0.15, 0.2) is 30.3 Å². The Labute approximate surface area is 115 Å². The quantitative estimate of drug-likeness (QED) is 0.425. The Morgan fingerprint density at radius 3 is 2.53 bits per heavy atom. The maximum absolute atomic E-state index is 11.4. The first-order valence-corrected chi connectivity index (χ1v) is 6.73. The van der Waals surface area contributed by atoms with Crippen molar-refractivity contribution in [1.29, 1.82) is 0 Å². The highest BCUT2D eigenvalue weighted by Gasteiger charge is 1.98. The van der Waals surface area contributed by atoms with E-state index in [9.17, 15) is 4.79 Å². The van der Waals surface area contributed by atoms with Crippen LogP contribution in [0, 0.1) is 0 Å². The summed E-state index contributed by atoms with van der Waals surface area (Å²) in [7, 11) is 0. The van der Waals surface area contributed by atoms with Gasteiger partial charge in [-0.2, -0.15) is 0 Å². The van der Waals surface area contributed by atoms with Crippen LogP contribution >= 0.6 is 0 Å². The fraction of sp³-hybridized carbons (Fsp3) is 0.438. The van der Waals surface area contributed by atoms with Gasteiger partial charge < -0.3 is 9.47 Å². The van der Waals surface area contributed by atoms with Crippen molar-refractivity contribution in [2.75, 3.05) is 6.61 Å². The molecule has 3 heteroatoms. The maximum atomic E-state index is 11.4. The molecule has 0 saturated carbocycles. The van der Waals surface area contributed by atoms with E-state index in [1.165, 1.54) is 6.08 Å². The van der Waals surface area contributed by atoms with E-state index in [4.69, 9.17) is 9.47 Å². The third kappa shape index (κ3) is 6.65. The van der Waals surface area contributed by atoms with Crippen LogP contribution in [0.25, 0.3) is 6.08 Å². The van der Waals surface area contributed by atoms with Crippen molar-refractivity contribution in [3.05, 3.63) is 35.9 Å². The zero-order valence-electron chi connectivity index (χ0n) is 11.9. The lowest BCUT2D eigenvalue weighted by Crippen LogP contribution is -2.05. The fourth-order valence-electron chi connectivity index (χ4n) is 1.46. The Morgan fingerprint density at radius 1 is 1.26 bits per heavy atom. The standard InChI is InChI=1S/C16H22O3/c1-4-5-12-18-16(17)11-8-14-6-9-15(10-7-14)19-13(2)3/h6-11,13H,4-5,12H2,1-3H3. The molecule has 104 valence electrons. The summed E-state index contributed by atoms with van der Waals surface area (Å²) in [4.78, 5) is 11.4. The van der Waals surface area contributed by atoms with Crippen molar-refractivity contribution in [3.63, 3.8) is 0 Å². The first kappa shape index (κ1) is 15.3. The minimum absolute atomic E-state index is 0.162. The van der Waals surface area contributed by atoms with Gasteiger partial charge in [0.2, 0.25) is 0 Å².